The van der Waals surface area contributed by atoms with Crippen molar-refractivity contribution >= 4 is 22.6 Å². The van der Waals surface area contributed by atoms with Crippen LogP contribution in [0.2, 0.25) is 0 Å². The monoisotopic (exact) mass is 514 g/mol. The van der Waals surface area contributed by atoms with Gasteiger partial charge in [0.2, 0.25) is 0 Å². The van der Waals surface area contributed by atoms with Crippen LogP contribution in [0.3, 0.4) is 0 Å². The van der Waals surface area contributed by atoms with E-state index in [2.05, 4.69) is 59.7 Å². The molecule has 194 valence electrons. The van der Waals surface area contributed by atoms with Gasteiger partial charge in [0, 0.05) is 11.1 Å². The molecule has 1 aromatic heterocycles. The van der Waals surface area contributed by atoms with Crippen LogP contribution in [0.1, 0.15) is 77.9 Å². The van der Waals surface area contributed by atoms with Crippen molar-refractivity contribution in [1.29, 1.82) is 5.26 Å². The number of hydrogen-bond acceptors (Lipinski definition) is 5. The normalized spacial score (nSPS) is 15.5. The van der Waals surface area contributed by atoms with E-state index in [1.165, 1.54) is 32.7 Å². The number of nitrogens with zero attached hydrogens (tertiary/aromatic N) is 2. The molecule has 4 rings (SSSR count). The minimum absolute atomic E-state index is 0.272. The Morgan fingerprint density at radius 1 is 1.08 bits per heavy atom. The summed E-state index contributed by atoms with van der Waals surface area (Å²) in [6, 6.07) is 12.7. The lowest BCUT2D eigenvalue weighted by Crippen LogP contribution is -2.26. The highest BCUT2D eigenvalue weighted by Gasteiger charge is 2.32. The zero-order valence-corrected chi connectivity index (χ0v) is 24.0. The summed E-state index contributed by atoms with van der Waals surface area (Å²) in [7, 11) is 0. The van der Waals surface area contributed by atoms with Gasteiger partial charge in [-0.05, 0) is 104 Å². The second-order valence-electron chi connectivity index (χ2n) is 11.2. The molecule has 0 amide bonds. The minimum Gasteiger partial charge on any atom is -0.490 e. The summed E-state index contributed by atoms with van der Waals surface area (Å²) in [5, 5.41) is 10.7. The second kappa shape index (κ2) is 11.1. The first-order valence-electron chi connectivity index (χ1n) is 13.2. The number of fused-ring (bicyclic) bond motifs is 1. The van der Waals surface area contributed by atoms with Crippen molar-refractivity contribution < 1.29 is 9.47 Å². The molecule has 0 saturated heterocycles. The molecule has 0 N–H and O–H groups in total. The van der Waals surface area contributed by atoms with Crippen LogP contribution < -0.4 is 9.47 Å². The van der Waals surface area contributed by atoms with Gasteiger partial charge in [-0.15, -0.1) is 11.3 Å². The molecule has 4 nitrogen and oxygen atoms in total. The molecule has 3 aromatic rings. The molecule has 1 aliphatic rings. The Bertz CT molecular complexity index is 1330. The predicted molar refractivity (Wildman–Crippen MR) is 154 cm³/mol. The van der Waals surface area contributed by atoms with Gasteiger partial charge in [-0.1, -0.05) is 38.5 Å². The average molecular weight is 515 g/mol. The van der Waals surface area contributed by atoms with Crippen molar-refractivity contribution in [2.75, 3.05) is 6.61 Å². The van der Waals surface area contributed by atoms with Gasteiger partial charge in [-0.2, -0.15) is 5.26 Å². The van der Waals surface area contributed by atoms with Crippen molar-refractivity contribution in [3.05, 3.63) is 74.2 Å². The smallest absolute Gasteiger partial charge is 0.161 e. The molecule has 0 fully saturated rings. The summed E-state index contributed by atoms with van der Waals surface area (Å²) in [6.45, 7) is 16.3. The highest BCUT2D eigenvalue weighted by molar-refractivity contribution is 7.16. The zero-order valence-electron chi connectivity index (χ0n) is 23.2. The Labute approximate surface area is 226 Å². The SMILES string of the molecule is CCOc1cc(C=Nc2sc3c(c2C#N)CC[C@H](C(C)(C)C)C3)ccc1OCc1c(C)cc(C)cc1C. The highest BCUT2D eigenvalue weighted by Crippen LogP contribution is 2.45. The first kappa shape index (κ1) is 26.9. The van der Waals surface area contributed by atoms with E-state index in [1.807, 2.05) is 31.3 Å². The topological polar surface area (TPSA) is 54.6 Å². The summed E-state index contributed by atoms with van der Waals surface area (Å²) in [5.74, 6) is 2.06. The molecule has 2 aromatic carbocycles. The van der Waals surface area contributed by atoms with Crippen LogP contribution in [-0.2, 0) is 19.4 Å². The summed E-state index contributed by atoms with van der Waals surface area (Å²) in [4.78, 5) is 6.10. The molecule has 1 aliphatic carbocycles. The summed E-state index contributed by atoms with van der Waals surface area (Å²) < 4.78 is 12.1. The lowest BCUT2D eigenvalue weighted by molar-refractivity contribution is 0.218. The average Bonchev–Trinajstić information content (AvgIpc) is 3.19. The fraction of sp³-hybridized carbons (Fsp3) is 0.438. The van der Waals surface area contributed by atoms with Gasteiger partial charge in [0.25, 0.3) is 0 Å². The molecule has 0 unspecified atom stereocenters. The van der Waals surface area contributed by atoms with Crippen molar-refractivity contribution in [2.24, 2.45) is 16.3 Å². The van der Waals surface area contributed by atoms with E-state index in [4.69, 9.17) is 14.5 Å². The Morgan fingerprint density at radius 2 is 1.81 bits per heavy atom. The van der Waals surface area contributed by atoms with Crippen molar-refractivity contribution in [3.63, 3.8) is 0 Å². The predicted octanol–water partition coefficient (Wildman–Crippen LogP) is 8.42. The third-order valence-electron chi connectivity index (χ3n) is 7.39. The van der Waals surface area contributed by atoms with E-state index in [1.54, 1.807) is 11.3 Å². The van der Waals surface area contributed by atoms with Gasteiger partial charge in [-0.3, -0.25) is 0 Å². The summed E-state index contributed by atoms with van der Waals surface area (Å²) >= 11 is 1.68. The standard InChI is InChI=1S/C32H38N2O2S/c1-8-35-29-15-23(9-12-28(29)36-19-27-21(3)13-20(2)14-22(27)4)18-34-31-26(17-33)25-11-10-24(32(5,6)7)16-30(25)37-31/h9,12-15,18,24H,8,10-11,16,19H2,1-7H3/t24-/m0/s1. The number of aliphatic imine (C=N–C) groups is 1. The van der Waals surface area contributed by atoms with Crippen LogP contribution in [0.5, 0.6) is 11.5 Å². The number of nitriles is 1. The van der Waals surface area contributed by atoms with Crippen molar-refractivity contribution in [2.45, 2.75) is 74.3 Å². The summed E-state index contributed by atoms with van der Waals surface area (Å²) in [6.07, 6.45) is 4.96. The maximum Gasteiger partial charge on any atom is 0.161 e. The van der Waals surface area contributed by atoms with E-state index in [0.717, 1.165) is 41.1 Å². The second-order valence-corrected chi connectivity index (χ2v) is 12.2. The van der Waals surface area contributed by atoms with E-state index in [0.29, 0.717) is 24.9 Å². The Balaban J connectivity index is 1.55. The fourth-order valence-corrected chi connectivity index (χ4v) is 6.45. The van der Waals surface area contributed by atoms with E-state index >= 15 is 0 Å². The number of rotatable bonds is 7. The van der Waals surface area contributed by atoms with Gasteiger partial charge in [-0.25, -0.2) is 4.99 Å². The van der Waals surface area contributed by atoms with Crippen LogP contribution >= 0.6 is 11.3 Å². The van der Waals surface area contributed by atoms with Crippen molar-refractivity contribution in [3.8, 4) is 17.6 Å². The molecule has 0 aliphatic heterocycles. The molecule has 0 spiro atoms. The first-order valence-corrected chi connectivity index (χ1v) is 14.0. The van der Waals surface area contributed by atoms with Gasteiger partial charge in [0.05, 0.1) is 12.2 Å². The van der Waals surface area contributed by atoms with Crippen LogP contribution in [0.4, 0.5) is 5.00 Å². The largest absolute Gasteiger partial charge is 0.490 e. The number of thiophene rings is 1. The lowest BCUT2D eigenvalue weighted by Gasteiger charge is -2.33. The van der Waals surface area contributed by atoms with Crippen LogP contribution in [0, 0.1) is 43.4 Å². The third kappa shape index (κ3) is 6.08. The number of aryl methyl sites for hydroxylation is 3. The number of benzene rings is 2. The molecular formula is C32H38N2O2S. The van der Waals surface area contributed by atoms with Crippen LogP contribution in [0.25, 0.3) is 0 Å². The van der Waals surface area contributed by atoms with Gasteiger partial charge < -0.3 is 9.47 Å². The molecule has 1 heterocycles. The fourth-order valence-electron chi connectivity index (χ4n) is 5.23. The number of hydrogen-bond donors (Lipinski definition) is 0. The van der Waals surface area contributed by atoms with Crippen molar-refractivity contribution in [1.82, 2.24) is 0 Å². The molecule has 37 heavy (non-hydrogen) atoms. The highest BCUT2D eigenvalue weighted by atomic mass is 32.1. The van der Waals surface area contributed by atoms with E-state index < -0.39 is 0 Å². The van der Waals surface area contributed by atoms with Crippen LogP contribution in [-0.4, -0.2) is 12.8 Å². The molecule has 0 bridgehead atoms. The molecule has 0 radical (unpaired) electrons. The number of ether oxygens (including phenoxy) is 2. The van der Waals surface area contributed by atoms with Gasteiger partial charge in [0.15, 0.2) is 11.5 Å². The van der Waals surface area contributed by atoms with E-state index in [-0.39, 0.29) is 5.41 Å². The Hall–Kier alpha value is -3.10. The molecule has 5 heteroatoms. The minimum atomic E-state index is 0.272. The maximum absolute atomic E-state index is 9.89. The first-order chi connectivity index (χ1) is 17.6. The Kier molecular flexibility index (Phi) is 8.09. The van der Waals surface area contributed by atoms with Gasteiger partial charge >= 0.3 is 0 Å². The zero-order chi connectivity index (χ0) is 26.7. The lowest BCUT2D eigenvalue weighted by atomic mass is 9.72. The quantitative estimate of drug-likeness (QED) is 0.297. The van der Waals surface area contributed by atoms with Crippen LogP contribution in [0.15, 0.2) is 35.3 Å². The Morgan fingerprint density at radius 3 is 2.46 bits per heavy atom. The third-order valence-corrected chi connectivity index (χ3v) is 8.56. The molecular weight excluding hydrogens is 476 g/mol. The van der Waals surface area contributed by atoms with Gasteiger partial charge in [0.1, 0.15) is 17.7 Å². The van der Waals surface area contributed by atoms with E-state index in [9.17, 15) is 5.26 Å². The molecule has 0 saturated carbocycles. The molecule has 1 atom stereocenters. The maximum atomic E-state index is 9.89. The summed E-state index contributed by atoms with van der Waals surface area (Å²) in [5.41, 5.74) is 8.09.